The van der Waals surface area contributed by atoms with Crippen LogP contribution >= 0.6 is 12.4 Å². The zero-order chi connectivity index (χ0) is 15.4. The lowest BCUT2D eigenvalue weighted by atomic mass is 10.1. The molecule has 3 rings (SSSR count). The summed E-state index contributed by atoms with van der Waals surface area (Å²) in [6.45, 7) is 6.14. The van der Waals surface area contributed by atoms with Crippen molar-refractivity contribution in [3.05, 3.63) is 18.0 Å². The van der Waals surface area contributed by atoms with Crippen LogP contribution in [0, 0.1) is 0 Å². The second-order valence-corrected chi connectivity index (χ2v) is 6.21. The number of rotatable bonds is 4. The van der Waals surface area contributed by atoms with Crippen LogP contribution in [0.25, 0.3) is 0 Å². The topological polar surface area (TPSA) is 59.4 Å². The first kappa shape index (κ1) is 18.2. The van der Waals surface area contributed by atoms with Crippen molar-refractivity contribution in [2.24, 2.45) is 0 Å². The molecule has 0 spiro atoms. The molecule has 2 unspecified atom stereocenters. The second kappa shape index (κ2) is 8.66. The van der Waals surface area contributed by atoms with Crippen LogP contribution < -0.4 is 5.32 Å². The molecule has 2 aliphatic rings. The van der Waals surface area contributed by atoms with Gasteiger partial charge in [0.25, 0.3) is 5.91 Å². The highest BCUT2D eigenvalue weighted by Gasteiger charge is 2.26. The van der Waals surface area contributed by atoms with Crippen LogP contribution in [0.15, 0.2) is 12.3 Å². The van der Waals surface area contributed by atoms with Gasteiger partial charge >= 0.3 is 0 Å². The van der Waals surface area contributed by atoms with Crippen molar-refractivity contribution in [3.8, 4) is 0 Å². The number of hydrogen-bond donors (Lipinski definition) is 1. The second-order valence-electron chi connectivity index (χ2n) is 6.21. The molecule has 1 amide bonds. The van der Waals surface area contributed by atoms with Crippen molar-refractivity contribution in [1.82, 2.24) is 20.0 Å². The number of amides is 1. The number of halogens is 1. The summed E-state index contributed by atoms with van der Waals surface area (Å²) in [4.78, 5) is 14.5. The predicted molar refractivity (Wildman–Crippen MR) is 91.2 cm³/mol. The monoisotopic (exact) mass is 342 g/mol. The SMILES string of the molecule is CCCC1CN(C(=O)c2ccn(C3CCCNC3)n2)CCO1.Cl. The molecule has 2 saturated heterocycles. The number of ether oxygens (including phenoxy) is 1. The summed E-state index contributed by atoms with van der Waals surface area (Å²) in [5.41, 5.74) is 0.558. The van der Waals surface area contributed by atoms with Gasteiger partial charge in [0.1, 0.15) is 5.69 Å². The van der Waals surface area contributed by atoms with Crippen LogP contribution in [0.4, 0.5) is 0 Å². The van der Waals surface area contributed by atoms with Crippen LogP contribution in [0.5, 0.6) is 0 Å². The van der Waals surface area contributed by atoms with Crippen LogP contribution in [0.1, 0.15) is 49.1 Å². The molecule has 2 fully saturated rings. The maximum Gasteiger partial charge on any atom is 0.274 e. The van der Waals surface area contributed by atoms with Crippen molar-refractivity contribution >= 4 is 18.3 Å². The first-order valence-corrected chi connectivity index (χ1v) is 8.44. The summed E-state index contributed by atoms with van der Waals surface area (Å²) in [5, 5.41) is 7.91. The van der Waals surface area contributed by atoms with Crippen LogP contribution in [0.2, 0.25) is 0 Å². The van der Waals surface area contributed by atoms with Gasteiger partial charge in [0.15, 0.2) is 0 Å². The van der Waals surface area contributed by atoms with Crippen LogP contribution in [0.3, 0.4) is 0 Å². The van der Waals surface area contributed by atoms with E-state index in [1.165, 1.54) is 0 Å². The molecule has 23 heavy (non-hydrogen) atoms. The smallest absolute Gasteiger partial charge is 0.274 e. The molecule has 1 aromatic heterocycles. The van der Waals surface area contributed by atoms with E-state index < -0.39 is 0 Å². The maximum atomic E-state index is 12.6. The van der Waals surface area contributed by atoms with Crippen molar-refractivity contribution in [3.63, 3.8) is 0 Å². The first-order valence-electron chi connectivity index (χ1n) is 8.44. The van der Waals surface area contributed by atoms with Crippen molar-refractivity contribution in [1.29, 1.82) is 0 Å². The van der Waals surface area contributed by atoms with Crippen molar-refractivity contribution < 1.29 is 9.53 Å². The number of carbonyl (C=O) groups is 1. The molecule has 3 heterocycles. The average Bonchev–Trinajstić information content (AvgIpc) is 3.05. The summed E-state index contributed by atoms with van der Waals surface area (Å²) >= 11 is 0. The lowest BCUT2D eigenvalue weighted by Crippen LogP contribution is -2.45. The van der Waals surface area contributed by atoms with E-state index in [-0.39, 0.29) is 24.4 Å². The van der Waals surface area contributed by atoms with E-state index in [4.69, 9.17) is 4.74 Å². The predicted octanol–water partition coefficient (Wildman–Crippen LogP) is 1.87. The molecule has 0 radical (unpaired) electrons. The largest absolute Gasteiger partial charge is 0.375 e. The first-order chi connectivity index (χ1) is 10.8. The molecule has 0 aromatic carbocycles. The van der Waals surface area contributed by atoms with Gasteiger partial charge in [-0.25, -0.2) is 0 Å². The normalized spacial score (nSPS) is 25.0. The third kappa shape index (κ3) is 4.46. The van der Waals surface area contributed by atoms with Crippen LogP contribution in [-0.2, 0) is 4.74 Å². The minimum Gasteiger partial charge on any atom is -0.375 e. The molecule has 1 aromatic rings. The Hall–Kier alpha value is -1.11. The molecule has 0 bridgehead atoms. The fourth-order valence-electron chi connectivity index (χ4n) is 3.28. The molecular formula is C16H27ClN4O2. The molecule has 6 nitrogen and oxygen atoms in total. The van der Waals surface area contributed by atoms with Gasteiger partial charge in [-0.3, -0.25) is 9.48 Å². The molecule has 0 saturated carbocycles. The number of morpholine rings is 1. The van der Waals surface area contributed by atoms with E-state index in [2.05, 4.69) is 17.3 Å². The molecule has 7 heteroatoms. The Kier molecular flexibility index (Phi) is 6.87. The van der Waals surface area contributed by atoms with E-state index in [9.17, 15) is 4.79 Å². The zero-order valence-corrected chi connectivity index (χ0v) is 14.6. The highest BCUT2D eigenvalue weighted by atomic mass is 35.5. The van der Waals surface area contributed by atoms with Gasteiger partial charge in [-0.05, 0) is 31.9 Å². The quantitative estimate of drug-likeness (QED) is 0.907. The third-order valence-corrected chi connectivity index (χ3v) is 4.51. The number of aromatic nitrogens is 2. The lowest BCUT2D eigenvalue weighted by molar-refractivity contribution is -0.0252. The standard InChI is InChI=1S/C16H26N4O2.ClH/c1-2-4-14-12-19(9-10-22-14)16(21)15-6-8-20(18-15)13-5-3-7-17-11-13;/h6,8,13-14,17H,2-5,7,9-12H2,1H3;1H. The Morgan fingerprint density at radius 3 is 3.13 bits per heavy atom. The number of nitrogens with one attached hydrogen (secondary N) is 1. The minimum absolute atomic E-state index is 0. The van der Waals surface area contributed by atoms with Gasteiger partial charge in [-0.1, -0.05) is 13.3 Å². The van der Waals surface area contributed by atoms with Gasteiger partial charge in [0, 0.05) is 25.8 Å². The summed E-state index contributed by atoms with van der Waals surface area (Å²) in [6.07, 6.45) is 6.48. The number of nitrogens with zero attached hydrogens (tertiary/aromatic N) is 3. The van der Waals surface area contributed by atoms with Crippen LogP contribution in [-0.4, -0.2) is 59.5 Å². The van der Waals surface area contributed by atoms with Gasteiger partial charge < -0.3 is 15.0 Å². The van der Waals surface area contributed by atoms with Crippen molar-refractivity contribution in [2.75, 3.05) is 32.8 Å². The van der Waals surface area contributed by atoms with E-state index in [0.29, 0.717) is 31.4 Å². The summed E-state index contributed by atoms with van der Waals surface area (Å²) in [5.74, 6) is 0.0342. The van der Waals surface area contributed by atoms with Crippen molar-refractivity contribution in [2.45, 2.75) is 44.8 Å². The van der Waals surface area contributed by atoms with Gasteiger partial charge in [0.2, 0.25) is 0 Å². The van der Waals surface area contributed by atoms with E-state index >= 15 is 0 Å². The number of carbonyl (C=O) groups excluding carboxylic acids is 1. The highest BCUT2D eigenvalue weighted by Crippen LogP contribution is 2.17. The van der Waals surface area contributed by atoms with Gasteiger partial charge in [-0.15, -0.1) is 12.4 Å². The van der Waals surface area contributed by atoms with E-state index in [0.717, 1.165) is 38.8 Å². The molecule has 2 aliphatic heterocycles. The van der Waals surface area contributed by atoms with Gasteiger partial charge in [-0.2, -0.15) is 5.10 Å². The molecule has 2 atom stereocenters. The Morgan fingerprint density at radius 1 is 1.52 bits per heavy atom. The number of piperidine rings is 1. The fraction of sp³-hybridized carbons (Fsp3) is 0.750. The zero-order valence-electron chi connectivity index (χ0n) is 13.7. The van der Waals surface area contributed by atoms with Gasteiger partial charge in [0.05, 0.1) is 18.8 Å². The fourth-order valence-corrected chi connectivity index (χ4v) is 3.28. The molecule has 1 N–H and O–H groups in total. The average molecular weight is 343 g/mol. The Labute approximate surface area is 144 Å². The molecule has 0 aliphatic carbocycles. The summed E-state index contributed by atoms with van der Waals surface area (Å²) in [7, 11) is 0. The van der Waals surface area contributed by atoms with E-state index in [1.807, 2.05) is 21.8 Å². The third-order valence-electron chi connectivity index (χ3n) is 4.51. The maximum absolute atomic E-state index is 12.6. The number of hydrogen-bond acceptors (Lipinski definition) is 4. The Morgan fingerprint density at radius 2 is 2.39 bits per heavy atom. The minimum atomic E-state index is 0. The summed E-state index contributed by atoms with van der Waals surface area (Å²) < 4.78 is 7.66. The molecular weight excluding hydrogens is 316 g/mol. The highest BCUT2D eigenvalue weighted by molar-refractivity contribution is 5.92. The lowest BCUT2D eigenvalue weighted by Gasteiger charge is -2.32. The Bertz CT molecular complexity index is 500. The molecule has 130 valence electrons. The summed E-state index contributed by atoms with van der Waals surface area (Å²) in [6, 6.07) is 2.22. The Balaban J connectivity index is 0.00000192. The van der Waals surface area contributed by atoms with E-state index in [1.54, 1.807) is 0 Å².